The molecular formula is C40H34N2O10. The van der Waals surface area contributed by atoms with Crippen LogP contribution >= 0.6 is 0 Å². The summed E-state index contributed by atoms with van der Waals surface area (Å²) in [6.07, 6.45) is 0.182. The zero-order chi connectivity index (χ0) is 35.1. The second kappa shape index (κ2) is 11.8. The monoisotopic (exact) mass is 702 g/mol. The van der Waals surface area contributed by atoms with Crippen molar-refractivity contribution in [1.82, 2.24) is 9.55 Å². The number of ether oxygens (including phenoxy) is 7. The van der Waals surface area contributed by atoms with E-state index in [0.717, 1.165) is 56.3 Å². The number of cyclic esters (lactones) is 1. The lowest BCUT2D eigenvalue weighted by atomic mass is 9.85. The molecule has 0 bridgehead atoms. The van der Waals surface area contributed by atoms with Crippen LogP contribution in [-0.4, -0.2) is 47.4 Å². The molecule has 0 saturated carbocycles. The van der Waals surface area contributed by atoms with Crippen molar-refractivity contribution in [2.75, 3.05) is 26.8 Å². The molecule has 3 aromatic carbocycles. The Hall–Kier alpha value is -5.43. The Bertz CT molecular complexity index is 2280. The minimum atomic E-state index is -1.79. The molecular weight excluding hydrogens is 668 g/mol. The van der Waals surface area contributed by atoms with Gasteiger partial charge in [0.15, 0.2) is 28.6 Å². The molecule has 5 atom stereocenters. The highest BCUT2D eigenvalue weighted by atomic mass is 16.7. The van der Waals surface area contributed by atoms with Crippen LogP contribution in [0.25, 0.3) is 22.3 Å². The highest BCUT2D eigenvalue weighted by molar-refractivity contribution is 5.86. The molecule has 1 N–H and O–H groups in total. The standard InChI is InChI=1S/C20H16N2O4.C20H18O6/c1-2-20(25)14-8-16-17-12(7-11-5-3-4-6-15(11)21-17)9-22(16)18(23)13(14)10-26-19(20)24;1-3-15-17(25-9-23-15)5-11(1)19-13-7-22-20(14(13)8-21-19)12-2-4-16-18(6-12)26-10-24-16/h3-8,25H,2,9-10H2,1H3;1-6,13-14,19-20H,7-10H2. The van der Waals surface area contributed by atoms with Crippen LogP contribution in [0.5, 0.6) is 23.0 Å². The van der Waals surface area contributed by atoms with E-state index >= 15 is 0 Å². The topological polar surface area (TPSA) is 137 Å². The number of esters is 1. The summed E-state index contributed by atoms with van der Waals surface area (Å²) in [6, 6.07) is 23.7. The van der Waals surface area contributed by atoms with E-state index in [4.69, 9.17) is 38.1 Å². The van der Waals surface area contributed by atoms with E-state index in [1.54, 1.807) is 17.6 Å². The zero-order valence-electron chi connectivity index (χ0n) is 28.2. The Morgan fingerprint density at radius 3 is 2.08 bits per heavy atom. The summed E-state index contributed by atoms with van der Waals surface area (Å²) in [6.45, 7) is 3.94. The molecule has 0 radical (unpaired) electrons. The number of carbonyl (C=O) groups is 1. The number of fused-ring (bicyclic) bond motifs is 8. The lowest BCUT2D eigenvalue weighted by Gasteiger charge is -2.31. The lowest BCUT2D eigenvalue weighted by molar-refractivity contribution is -0.172. The highest BCUT2D eigenvalue weighted by Crippen LogP contribution is 2.52. The molecule has 5 unspecified atom stereocenters. The number of aromatic nitrogens is 2. The van der Waals surface area contributed by atoms with E-state index in [9.17, 15) is 14.7 Å². The van der Waals surface area contributed by atoms with Gasteiger partial charge in [0.25, 0.3) is 5.56 Å². The van der Waals surface area contributed by atoms with Crippen molar-refractivity contribution < 1.29 is 43.1 Å². The number of nitrogens with zero attached hydrogens (tertiary/aromatic N) is 2. The van der Waals surface area contributed by atoms with Crippen LogP contribution in [0.1, 0.15) is 53.4 Å². The average Bonchev–Trinajstić information content (AvgIpc) is 4.01. The molecule has 0 aliphatic carbocycles. The fraction of sp³-hybridized carbons (Fsp3) is 0.325. The summed E-state index contributed by atoms with van der Waals surface area (Å²) in [5.41, 5.74) is 4.06. The summed E-state index contributed by atoms with van der Waals surface area (Å²) < 4.78 is 40.9. The van der Waals surface area contributed by atoms with Gasteiger partial charge in [-0.05, 0) is 60.0 Å². The minimum absolute atomic E-state index is 0.0218. The first-order valence-corrected chi connectivity index (χ1v) is 17.5. The van der Waals surface area contributed by atoms with Crippen molar-refractivity contribution in [3.05, 3.63) is 111 Å². The molecule has 0 amide bonds. The SMILES string of the molecule is CCC1(O)C(=O)OCc2c1cc1n(c2=O)Cc2cc3ccccc3nc2-1.c1cc2c(cc1C1OCC3C(c4ccc5c(c4)OCO5)OCC13)OCO2. The molecule has 6 aliphatic rings. The predicted octanol–water partition coefficient (Wildman–Crippen LogP) is 5.30. The Kier molecular flexibility index (Phi) is 7.11. The number of rotatable bonds is 3. The van der Waals surface area contributed by atoms with E-state index < -0.39 is 11.6 Å². The van der Waals surface area contributed by atoms with Crippen LogP contribution in [0.3, 0.4) is 0 Å². The largest absolute Gasteiger partial charge is 0.458 e. The van der Waals surface area contributed by atoms with Gasteiger partial charge in [0.05, 0.1) is 54.4 Å². The molecule has 2 saturated heterocycles. The summed E-state index contributed by atoms with van der Waals surface area (Å²) in [5, 5.41) is 11.8. The molecule has 5 aromatic rings. The average molecular weight is 703 g/mol. The maximum atomic E-state index is 13.0. The number of benzene rings is 3. The zero-order valence-corrected chi connectivity index (χ0v) is 28.2. The van der Waals surface area contributed by atoms with E-state index in [1.165, 1.54) is 0 Å². The Morgan fingerprint density at radius 2 is 1.42 bits per heavy atom. The minimum Gasteiger partial charge on any atom is -0.458 e. The Morgan fingerprint density at radius 1 is 0.788 bits per heavy atom. The Balaban J connectivity index is 0.000000130. The van der Waals surface area contributed by atoms with Gasteiger partial charge in [0.1, 0.15) is 6.61 Å². The third-order valence-corrected chi connectivity index (χ3v) is 11.1. The summed E-state index contributed by atoms with van der Waals surface area (Å²) in [4.78, 5) is 29.9. The van der Waals surface area contributed by atoms with Crippen molar-refractivity contribution >= 4 is 16.9 Å². The van der Waals surface area contributed by atoms with Gasteiger partial charge >= 0.3 is 5.97 Å². The van der Waals surface area contributed by atoms with Gasteiger partial charge < -0.3 is 42.8 Å². The normalized spacial score (nSPS) is 25.5. The van der Waals surface area contributed by atoms with Crippen LogP contribution in [-0.2, 0) is 37.8 Å². The molecule has 2 fully saturated rings. The first-order chi connectivity index (χ1) is 25.4. The van der Waals surface area contributed by atoms with Gasteiger partial charge in [-0.1, -0.05) is 37.3 Å². The van der Waals surface area contributed by atoms with Crippen LogP contribution in [0.2, 0.25) is 0 Å². The van der Waals surface area contributed by atoms with Crippen LogP contribution in [0.4, 0.5) is 0 Å². The molecule has 0 spiro atoms. The van der Waals surface area contributed by atoms with Crippen molar-refractivity contribution in [2.45, 2.75) is 44.3 Å². The second-order valence-corrected chi connectivity index (χ2v) is 13.9. The summed E-state index contributed by atoms with van der Waals surface area (Å²) in [7, 11) is 0. The number of hydrogen-bond acceptors (Lipinski definition) is 11. The smallest absolute Gasteiger partial charge is 0.343 e. The number of hydrogen-bond donors (Lipinski definition) is 1. The fourth-order valence-electron chi connectivity index (χ4n) is 8.34. The van der Waals surface area contributed by atoms with Crippen molar-refractivity contribution in [2.24, 2.45) is 11.8 Å². The molecule has 8 heterocycles. The third-order valence-electron chi connectivity index (χ3n) is 11.1. The number of aliphatic hydroxyl groups is 1. The molecule has 6 aliphatic heterocycles. The van der Waals surface area contributed by atoms with E-state index in [-0.39, 0.29) is 44.4 Å². The summed E-state index contributed by atoms with van der Waals surface area (Å²) in [5.74, 6) is 3.12. The predicted molar refractivity (Wildman–Crippen MR) is 184 cm³/mol. The first kappa shape index (κ1) is 31.3. The lowest BCUT2D eigenvalue weighted by Crippen LogP contribution is -2.44. The second-order valence-electron chi connectivity index (χ2n) is 13.9. The van der Waals surface area contributed by atoms with Crippen molar-refractivity contribution in [3.8, 4) is 34.4 Å². The summed E-state index contributed by atoms with van der Waals surface area (Å²) >= 11 is 0. The highest BCUT2D eigenvalue weighted by Gasteiger charge is 2.49. The molecule has 52 heavy (non-hydrogen) atoms. The van der Waals surface area contributed by atoms with Crippen LogP contribution < -0.4 is 24.5 Å². The van der Waals surface area contributed by atoms with Gasteiger partial charge in [-0.15, -0.1) is 0 Å². The molecule has 2 aromatic heterocycles. The van der Waals surface area contributed by atoms with Gasteiger partial charge in [0.2, 0.25) is 13.6 Å². The van der Waals surface area contributed by atoms with Crippen LogP contribution in [0, 0.1) is 11.8 Å². The third kappa shape index (κ3) is 4.74. The van der Waals surface area contributed by atoms with Gasteiger partial charge in [-0.25, -0.2) is 9.78 Å². The fourth-order valence-corrected chi connectivity index (χ4v) is 8.34. The molecule has 12 nitrogen and oxygen atoms in total. The van der Waals surface area contributed by atoms with Crippen molar-refractivity contribution in [1.29, 1.82) is 0 Å². The van der Waals surface area contributed by atoms with E-state index in [1.807, 2.05) is 54.6 Å². The van der Waals surface area contributed by atoms with E-state index in [2.05, 4.69) is 12.1 Å². The molecule has 11 rings (SSSR count). The number of carbonyl (C=O) groups excluding carboxylic acids is 1. The quantitative estimate of drug-likeness (QED) is 0.241. The van der Waals surface area contributed by atoms with Gasteiger partial charge in [-0.2, -0.15) is 0 Å². The van der Waals surface area contributed by atoms with Gasteiger partial charge in [-0.3, -0.25) is 4.79 Å². The Labute approximate surface area is 297 Å². The first-order valence-electron chi connectivity index (χ1n) is 17.5. The van der Waals surface area contributed by atoms with Gasteiger partial charge in [0, 0.05) is 28.3 Å². The van der Waals surface area contributed by atoms with E-state index in [0.29, 0.717) is 48.4 Å². The molecule has 12 heteroatoms. The maximum absolute atomic E-state index is 13.0. The number of para-hydroxylation sites is 1. The molecule has 264 valence electrons. The van der Waals surface area contributed by atoms with Crippen molar-refractivity contribution in [3.63, 3.8) is 0 Å². The number of pyridine rings is 2. The van der Waals surface area contributed by atoms with Crippen LogP contribution in [0.15, 0.2) is 77.6 Å². The maximum Gasteiger partial charge on any atom is 0.343 e.